The predicted octanol–water partition coefficient (Wildman–Crippen LogP) is 4.46. The lowest BCUT2D eigenvalue weighted by Crippen LogP contribution is -2.17. The molecule has 0 atom stereocenters. The van der Waals surface area contributed by atoms with Crippen LogP contribution in [0.5, 0.6) is 0 Å². The van der Waals surface area contributed by atoms with Gasteiger partial charge in [-0.1, -0.05) is 25.9 Å². The number of carbonyl (C=O) groups is 2. The van der Waals surface area contributed by atoms with Crippen LogP contribution in [-0.4, -0.2) is 26.9 Å². The maximum atomic E-state index is 12.3. The van der Waals surface area contributed by atoms with Crippen LogP contribution in [0, 0.1) is 6.92 Å². The fraction of sp³-hybridized carbons (Fsp3) is 0.476. The second-order valence-electron chi connectivity index (χ2n) is 8.26. The first-order valence-corrected chi connectivity index (χ1v) is 11.7. The highest BCUT2D eigenvalue weighted by Crippen LogP contribution is 2.34. The Hall–Kier alpha value is -2.59. The van der Waals surface area contributed by atoms with E-state index in [9.17, 15) is 9.59 Å². The summed E-state index contributed by atoms with van der Waals surface area (Å²) in [5, 5.41) is 10.3. The fourth-order valence-corrected chi connectivity index (χ4v) is 4.64. The summed E-state index contributed by atoms with van der Waals surface area (Å²) >= 11 is 3.04. The molecular formula is C21H27N5O3S2. The SMILES string of the molecule is CC(=O)NCc1ccc(-c2nc(NC(=O)CCCc3nc(C(C)(C)C)no3)sc2C)s1. The van der Waals surface area contributed by atoms with Gasteiger partial charge >= 0.3 is 0 Å². The third kappa shape index (κ3) is 6.44. The number of rotatable bonds is 8. The largest absolute Gasteiger partial charge is 0.351 e. The number of thiazole rings is 1. The molecule has 10 heteroatoms. The number of aryl methyl sites for hydroxylation is 2. The molecular weight excluding hydrogens is 434 g/mol. The van der Waals surface area contributed by atoms with Crippen molar-refractivity contribution in [3.63, 3.8) is 0 Å². The van der Waals surface area contributed by atoms with E-state index in [-0.39, 0.29) is 17.2 Å². The van der Waals surface area contributed by atoms with E-state index in [0.29, 0.717) is 42.7 Å². The number of hydrogen-bond acceptors (Lipinski definition) is 8. The van der Waals surface area contributed by atoms with E-state index in [1.807, 2.05) is 39.8 Å². The lowest BCUT2D eigenvalue weighted by molar-refractivity contribution is -0.119. The molecule has 0 unspecified atom stereocenters. The van der Waals surface area contributed by atoms with Gasteiger partial charge in [0.2, 0.25) is 17.7 Å². The van der Waals surface area contributed by atoms with Gasteiger partial charge < -0.3 is 15.2 Å². The Bertz CT molecular complexity index is 1060. The Morgan fingerprint density at radius 2 is 1.94 bits per heavy atom. The summed E-state index contributed by atoms with van der Waals surface area (Å²) in [6.45, 7) is 10.1. The van der Waals surface area contributed by atoms with Gasteiger partial charge in [0.05, 0.1) is 17.1 Å². The first-order valence-electron chi connectivity index (χ1n) is 10.1. The van der Waals surface area contributed by atoms with Crippen LogP contribution < -0.4 is 10.6 Å². The van der Waals surface area contributed by atoms with Crippen molar-refractivity contribution in [1.82, 2.24) is 20.4 Å². The molecule has 0 radical (unpaired) electrons. The molecule has 0 fully saturated rings. The highest BCUT2D eigenvalue weighted by Gasteiger charge is 2.21. The van der Waals surface area contributed by atoms with Crippen molar-refractivity contribution in [1.29, 1.82) is 0 Å². The highest BCUT2D eigenvalue weighted by atomic mass is 32.1. The predicted molar refractivity (Wildman–Crippen MR) is 122 cm³/mol. The number of thiophene rings is 1. The van der Waals surface area contributed by atoms with Gasteiger partial charge in [0.15, 0.2) is 11.0 Å². The highest BCUT2D eigenvalue weighted by molar-refractivity contribution is 7.18. The topological polar surface area (TPSA) is 110 Å². The molecule has 8 nitrogen and oxygen atoms in total. The number of carbonyl (C=O) groups excluding carboxylic acids is 2. The van der Waals surface area contributed by atoms with Crippen molar-refractivity contribution in [2.45, 2.75) is 65.8 Å². The third-order valence-corrected chi connectivity index (χ3v) is 6.36. The summed E-state index contributed by atoms with van der Waals surface area (Å²) in [4.78, 5) is 35.5. The average molecular weight is 462 g/mol. The van der Waals surface area contributed by atoms with E-state index >= 15 is 0 Å². The van der Waals surface area contributed by atoms with Gasteiger partial charge in [-0.15, -0.1) is 22.7 Å². The van der Waals surface area contributed by atoms with E-state index < -0.39 is 0 Å². The molecule has 0 aliphatic heterocycles. The van der Waals surface area contributed by atoms with Gasteiger partial charge in [0, 0.05) is 34.9 Å². The van der Waals surface area contributed by atoms with Gasteiger partial charge in [0.1, 0.15) is 0 Å². The minimum atomic E-state index is -0.160. The van der Waals surface area contributed by atoms with Crippen molar-refractivity contribution in [2.75, 3.05) is 5.32 Å². The summed E-state index contributed by atoms with van der Waals surface area (Å²) in [6.07, 6.45) is 1.53. The van der Waals surface area contributed by atoms with Gasteiger partial charge in [-0.3, -0.25) is 9.59 Å². The Morgan fingerprint density at radius 1 is 1.16 bits per heavy atom. The van der Waals surface area contributed by atoms with Crippen molar-refractivity contribution in [3.8, 4) is 10.6 Å². The van der Waals surface area contributed by atoms with E-state index in [2.05, 4.69) is 25.8 Å². The van der Waals surface area contributed by atoms with Crippen molar-refractivity contribution < 1.29 is 14.1 Å². The van der Waals surface area contributed by atoms with Gasteiger partial charge in [-0.05, 0) is 25.5 Å². The van der Waals surface area contributed by atoms with Crippen LogP contribution in [0.15, 0.2) is 16.7 Å². The van der Waals surface area contributed by atoms with Gasteiger partial charge in [-0.25, -0.2) is 4.98 Å². The van der Waals surface area contributed by atoms with Gasteiger partial charge in [-0.2, -0.15) is 4.98 Å². The normalized spacial score (nSPS) is 11.5. The zero-order chi connectivity index (χ0) is 22.6. The minimum Gasteiger partial charge on any atom is -0.351 e. The molecule has 3 aromatic heterocycles. The van der Waals surface area contributed by atoms with Crippen LogP contribution in [0.3, 0.4) is 0 Å². The molecule has 0 aliphatic carbocycles. The number of amides is 2. The van der Waals surface area contributed by atoms with E-state index in [1.165, 1.54) is 18.3 Å². The van der Waals surface area contributed by atoms with Crippen LogP contribution in [0.4, 0.5) is 5.13 Å². The maximum absolute atomic E-state index is 12.3. The molecule has 2 amide bonds. The quantitative estimate of drug-likeness (QED) is 0.512. The van der Waals surface area contributed by atoms with Crippen molar-refractivity contribution >= 4 is 39.6 Å². The Labute approximate surface area is 189 Å². The molecule has 3 aromatic rings. The van der Waals surface area contributed by atoms with Crippen LogP contribution in [0.25, 0.3) is 10.6 Å². The second-order valence-corrected chi connectivity index (χ2v) is 10.6. The molecule has 0 saturated heterocycles. The first kappa shape index (κ1) is 23.1. The smallest absolute Gasteiger partial charge is 0.226 e. The summed E-state index contributed by atoms with van der Waals surface area (Å²) < 4.78 is 5.27. The van der Waals surface area contributed by atoms with Crippen molar-refractivity contribution in [2.24, 2.45) is 0 Å². The lowest BCUT2D eigenvalue weighted by atomic mass is 9.96. The Morgan fingerprint density at radius 3 is 2.61 bits per heavy atom. The summed E-state index contributed by atoms with van der Waals surface area (Å²) in [6, 6.07) is 3.97. The monoisotopic (exact) mass is 461 g/mol. The number of aromatic nitrogens is 3. The van der Waals surface area contributed by atoms with Crippen LogP contribution in [-0.2, 0) is 28.0 Å². The summed E-state index contributed by atoms with van der Waals surface area (Å²) in [5.74, 6) is 1.08. The molecule has 3 rings (SSSR count). The first-order chi connectivity index (χ1) is 14.6. The maximum Gasteiger partial charge on any atom is 0.226 e. The molecule has 31 heavy (non-hydrogen) atoms. The van der Waals surface area contributed by atoms with Crippen LogP contribution >= 0.6 is 22.7 Å². The molecule has 0 bridgehead atoms. The van der Waals surface area contributed by atoms with Gasteiger partial charge in [0.25, 0.3) is 0 Å². The fourth-order valence-electron chi connectivity index (χ4n) is 2.73. The number of hydrogen-bond donors (Lipinski definition) is 2. The lowest BCUT2D eigenvalue weighted by Gasteiger charge is -2.10. The zero-order valence-corrected chi connectivity index (χ0v) is 20.0. The number of nitrogens with zero attached hydrogens (tertiary/aromatic N) is 3. The summed E-state index contributed by atoms with van der Waals surface area (Å²) in [7, 11) is 0. The third-order valence-electron chi connectivity index (χ3n) is 4.38. The standard InChI is InChI=1S/C21H27N5O3S2/c1-12-18(15-10-9-14(31-15)11-22-13(2)27)25-20(30-12)23-16(28)7-6-8-17-24-19(26-29-17)21(3,4)5/h9-10H,6-8,11H2,1-5H3,(H,22,27)(H,23,25,28). The minimum absolute atomic E-state index is 0.0569. The second kappa shape index (κ2) is 9.69. The molecule has 0 saturated carbocycles. The molecule has 0 spiro atoms. The van der Waals surface area contributed by atoms with E-state index in [4.69, 9.17) is 4.52 Å². The van der Waals surface area contributed by atoms with E-state index in [1.54, 1.807) is 11.3 Å². The molecule has 0 aliphatic rings. The Kier molecular flexibility index (Phi) is 7.22. The zero-order valence-electron chi connectivity index (χ0n) is 18.4. The average Bonchev–Trinajstić information content (AvgIpc) is 3.39. The number of anilines is 1. The molecule has 2 N–H and O–H groups in total. The molecule has 166 valence electrons. The Balaban J connectivity index is 1.52. The molecule has 3 heterocycles. The van der Waals surface area contributed by atoms with Crippen LogP contribution in [0.2, 0.25) is 0 Å². The van der Waals surface area contributed by atoms with E-state index in [0.717, 1.165) is 20.3 Å². The number of nitrogens with one attached hydrogen (secondary N) is 2. The molecule has 0 aromatic carbocycles. The van der Waals surface area contributed by atoms with Crippen molar-refractivity contribution in [3.05, 3.63) is 33.6 Å². The summed E-state index contributed by atoms with van der Waals surface area (Å²) in [5.41, 5.74) is 0.701. The van der Waals surface area contributed by atoms with Crippen LogP contribution in [0.1, 0.15) is 62.0 Å².